The summed E-state index contributed by atoms with van der Waals surface area (Å²) in [5.74, 6) is -3.15. The summed E-state index contributed by atoms with van der Waals surface area (Å²) in [6.45, 7) is 3.09. The van der Waals surface area contributed by atoms with E-state index >= 15 is 0 Å². The maximum Gasteiger partial charge on any atom is 0.294 e. The van der Waals surface area contributed by atoms with E-state index in [0.717, 1.165) is 6.20 Å². The zero-order valence-electron chi connectivity index (χ0n) is 9.15. The monoisotopic (exact) mass is 362 g/mol. The van der Waals surface area contributed by atoms with Crippen LogP contribution in [0.25, 0.3) is 5.69 Å². The van der Waals surface area contributed by atoms with Crippen molar-refractivity contribution in [1.29, 1.82) is 0 Å². The Morgan fingerprint density at radius 2 is 2.17 bits per heavy atom. The zero-order valence-corrected chi connectivity index (χ0v) is 11.3. The second kappa shape index (κ2) is 4.68. The Balaban J connectivity index is 2.51. The Morgan fingerprint density at radius 3 is 2.78 bits per heavy atom. The van der Waals surface area contributed by atoms with Crippen molar-refractivity contribution in [3.05, 3.63) is 52.4 Å². The summed E-state index contributed by atoms with van der Waals surface area (Å²) in [4.78, 5) is 0. The highest BCUT2D eigenvalue weighted by Crippen LogP contribution is 2.31. The summed E-state index contributed by atoms with van der Waals surface area (Å²) < 4.78 is 28.7. The second-order valence-corrected chi connectivity index (χ2v) is 4.77. The largest absolute Gasteiger partial charge is 0.506 e. The molecule has 18 heavy (non-hydrogen) atoms. The lowest BCUT2D eigenvalue weighted by Gasteiger charge is -2.08. The lowest BCUT2D eigenvalue weighted by Crippen LogP contribution is -2.07. The van der Waals surface area contributed by atoms with Crippen LogP contribution in [0.5, 0.6) is 5.75 Å². The number of allylic oxidation sites excluding steroid dienone is 1. The molecular weight excluding hydrogens is 353 g/mol. The van der Waals surface area contributed by atoms with E-state index in [2.05, 4.69) is 11.7 Å². The summed E-state index contributed by atoms with van der Waals surface area (Å²) in [5.41, 5.74) is 0.112. The number of nitrogens with zero attached hydrogens (tertiary/aromatic N) is 2. The molecule has 0 saturated heterocycles. The van der Waals surface area contributed by atoms with Crippen molar-refractivity contribution >= 4 is 22.6 Å². The number of benzene rings is 1. The van der Waals surface area contributed by atoms with Gasteiger partial charge in [0.05, 0.1) is 11.8 Å². The van der Waals surface area contributed by atoms with E-state index in [4.69, 9.17) is 0 Å². The second-order valence-electron chi connectivity index (χ2n) is 3.61. The standard InChI is InChI=1S/C12H9F2IN2O/c1-2-12(13,14)8-6-16-17(7-8)11-9(15)4-3-5-10(11)18/h2-7,18H,1H2. The van der Waals surface area contributed by atoms with Gasteiger partial charge in [0, 0.05) is 9.77 Å². The van der Waals surface area contributed by atoms with Crippen molar-refractivity contribution in [2.24, 2.45) is 0 Å². The number of aromatic hydroxyl groups is 1. The van der Waals surface area contributed by atoms with E-state index < -0.39 is 5.92 Å². The van der Waals surface area contributed by atoms with E-state index in [0.29, 0.717) is 15.3 Å². The van der Waals surface area contributed by atoms with E-state index in [1.54, 1.807) is 12.1 Å². The molecule has 0 bridgehead atoms. The molecule has 0 aliphatic rings. The van der Waals surface area contributed by atoms with Crippen LogP contribution < -0.4 is 0 Å². The van der Waals surface area contributed by atoms with Gasteiger partial charge in [-0.25, -0.2) is 4.68 Å². The number of para-hydroxylation sites is 1. The van der Waals surface area contributed by atoms with Crippen molar-refractivity contribution in [2.45, 2.75) is 5.92 Å². The van der Waals surface area contributed by atoms with E-state index in [-0.39, 0.29) is 11.3 Å². The third-order valence-electron chi connectivity index (χ3n) is 2.42. The summed E-state index contributed by atoms with van der Waals surface area (Å²) in [7, 11) is 0. The first-order valence-electron chi connectivity index (χ1n) is 5.00. The van der Waals surface area contributed by atoms with Gasteiger partial charge in [-0.3, -0.25) is 0 Å². The molecule has 0 atom stereocenters. The van der Waals surface area contributed by atoms with Crippen LogP contribution in [-0.4, -0.2) is 14.9 Å². The molecule has 0 amide bonds. The molecule has 3 nitrogen and oxygen atoms in total. The highest BCUT2D eigenvalue weighted by Gasteiger charge is 2.29. The molecule has 0 fully saturated rings. The molecule has 94 valence electrons. The number of hydrogen-bond acceptors (Lipinski definition) is 2. The molecule has 0 spiro atoms. The fourth-order valence-corrected chi connectivity index (χ4v) is 2.20. The van der Waals surface area contributed by atoms with Gasteiger partial charge in [0.25, 0.3) is 5.92 Å². The average molecular weight is 362 g/mol. The number of phenolic OH excluding ortho intramolecular Hbond substituents is 1. The van der Waals surface area contributed by atoms with Gasteiger partial charge in [-0.2, -0.15) is 13.9 Å². The number of rotatable bonds is 3. The van der Waals surface area contributed by atoms with Gasteiger partial charge in [-0.15, -0.1) is 0 Å². The molecule has 1 aromatic heterocycles. The van der Waals surface area contributed by atoms with Crippen LogP contribution in [0, 0.1) is 3.57 Å². The van der Waals surface area contributed by atoms with Crippen LogP contribution in [0.1, 0.15) is 5.56 Å². The van der Waals surface area contributed by atoms with Crippen molar-refractivity contribution in [1.82, 2.24) is 9.78 Å². The maximum atomic E-state index is 13.4. The minimum Gasteiger partial charge on any atom is -0.506 e. The Hall–Kier alpha value is -1.44. The minimum atomic E-state index is -3.13. The highest BCUT2D eigenvalue weighted by molar-refractivity contribution is 14.1. The Labute approximate surface area is 116 Å². The van der Waals surface area contributed by atoms with Crippen LogP contribution in [0.4, 0.5) is 8.78 Å². The molecule has 0 radical (unpaired) electrons. The molecule has 2 rings (SSSR count). The van der Waals surface area contributed by atoms with Crippen LogP contribution in [0.15, 0.2) is 43.2 Å². The Morgan fingerprint density at radius 1 is 1.44 bits per heavy atom. The quantitative estimate of drug-likeness (QED) is 0.671. The Bertz CT molecular complexity index is 575. The van der Waals surface area contributed by atoms with Crippen molar-refractivity contribution in [3.8, 4) is 11.4 Å². The molecule has 0 unspecified atom stereocenters. The lowest BCUT2D eigenvalue weighted by molar-refractivity contribution is 0.0525. The number of alkyl halides is 2. The lowest BCUT2D eigenvalue weighted by atomic mass is 10.2. The number of hydrogen-bond donors (Lipinski definition) is 1. The first-order chi connectivity index (χ1) is 8.45. The number of phenols is 1. The van der Waals surface area contributed by atoms with Crippen molar-refractivity contribution < 1.29 is 13.9 Å². The van der Waals surface area contributed by atoms with Crippen molar-refractivity contribution in [2.75, 3.05) is 0 Å². The fraction of sp³-hybridized carbons (Fsp3) is 0.0833. The molecule has 0 aliphatic carbocycles. The summed E-state index contributed by atoms with van der Waals surface area (Å²) in [6, 6.07) is 4.90. The highest BCUT2D eigenvalue weighted by atomic mass is 127. The predicted octanol–water partition coefficient (Wildman–Crippen LogP) is 3.46. The van der Waals surface area contributed by atoms with Gasteiger partial charge in [0.1, 0.15) is 11.4 Å². The number of halogens is 3. The first kappa shape index (κ1) is 13.0. The topological polar surface area (TPSA) is 38.0 Å². The van der Waals surface area contributed by atoms with Gasteiger partial charge in [0.15, 0.2) is 0 Å². The van der Waals surface area contributed by atoms with Crippen LogP contribution in [0.2, 0.25) is 0 Å². The number of aromatic nitrogens is 2. The minimum absolute atomic E-state index is 0.0153. The SMILES string of the molecule is C=CC(F)(F)c1cnn(-c2c(O)cccc2I)c1. The van der Waals surface area contributed by atoms with Gasteiger partial charge in [0.2, 0.25) is 0 Å². The van der Waals surface area contributed by atoms with Crippen LogP contribution in [-0.2, 0) is 5.92 Å². The Kier molecular flexibility index (Phi) is 3.38. The first-order valence-corrected chi connectivity index (χ1v) is 6.08. The zero-order chi connectivity index (χ0) is 13.3. The molecule has 1 aromatic carbocycles. The molecule has 0 saturated carbocycles. The van der Waals surface area contributed by atoms with Gasteiger partial charge < -0.3 is 5.11 Å². The van der Waals surface area contributed by atoms with Crippen molar-refractivity contribution in [3.63, 3.8) is 0 Å². The molecular formula is C12H9F2IN2O. The predicted molar refractivity (Wildman–Crippen MR) is 72.0 cm³/mol. The molecule has 2 aromatic rings. The van der Waals surface area contributed by atoms with E-state index in [1.165, 1.54) is 16.9 Å². The van der Waals surface area contributed by atoms with Crippen LogP contribution in [0.3, 0.4) is 0 Å². The molecule has 1 heterocycles. The third-order valence-corrected chi connectivity index (χ3v) is 3.29. The van der Waals surface area contributed by atoms with Gasteiger partial charge in [-0.1, -0.05) is 12.6 Å². The smallest absolute Gasteiger partial charge is 0.294 e. The third kappa shape index (κ3) is 2.24. The fourth-order valence-electron chi connectivity index (χ4n) is 1.47. The maximum absolute atomic E-state index is 13.4. The summed E-state index contributed by atoms with van der Waals surface area (Å²) in [5, 5.41) is 13.6. The normalized spacial score (nSPS) is 11.5. The van der Waals surface area contributed by atoms with Gasteiger partial charge in [-0.05, 0) is 40.8 Å². The van der Waals surface area contributed by atoms with E-state index in [9.17, 15) is 13.9 Å². The average Bonchev–Trinajstić information content (AvgIpc) is 2.79. The molecule has 1 N–H and O–H groups in total. The summed E-state index contributed by atoms with van der Waals surface area (Å²) >= 11 is 2.00. The van der Waals surface area contributed by atoms with Crippen LogP contribution >= 0.6 is 22.6 Å². The molecule has 0 aliphatic heterocycles. The summed E-state index contributed by atoms with van der Waals surface area (Å²) in [6.07, 6.45) is 2.80. The van der Waals surface area contributed by atoms with E-state index in [1.807, 2.05) is 22.6 Å². The molecule has 6 heteroatoms. The van der Waals surface area contributed by atoms with Gasteiger partial charge >= 0.3 is 0 Å².